The minimum absolute atomic E-state index is 0.437. The van der Waals surface area contributed by atoms with E-state index in [1.807, 2.05) is 19.9 Å². The maximum Gasteiger partial charge on any atom is 0.336 e. The van der Waals surface area contributed by atoms with Crippen LogP contribution in [-0.4, -0.2) is 23.7 Å². The van der Waals surface area contributed by atoms with E-state index >= 15 is 0 Å². The Morgan fingerprint density at radius 2 is 1.95 bits per heavy atom. The van der Waals surface area contributed by atoms with Crippen molar-refractivity contribution in [3.05, 3.63) is 28.8 Å². The van der Waals surface area contributed by atoms with E-state index in [-0.39, 0.29) is 0 Å². The van der Waals surface area contributed by atoms with E-state index < -0.39 is 5.97 Å². The first-order valence-corrected chi connectivity index (χ1v) is 7.15. The van der Waals surface area contributed by atoms with Crippen LogP contribution >= 0.6 is 0 Å². The summed E-state index contributed by atoms with van der Waals surface area (Å²) >= 11 is 0. The third-order valence-corrected chi connectivity index (χ3v) is 4.32. The SMILES string of the molecule is CCN(c1cc(C)c(C)c(C(=O)O)c1)C1CCCC1. The first-order valence-electron chi connectivity index (χ1n) is 7.15. The van der Waals surface area contributed by atoms with Crippen molar-refractivity contribution in [3.63, 3.8) is 0 Å². The summed E-state index contributed by atoms with van der Waals surface area (Å²) in [6.07, 6.45) is 5.03. The largest absolute Gasteiger partial charge is 0.478 e. The number of carbonyl (C=O) groups is 1. The predicted octanol–water partition coefficient (Wildman–Crippen LogP) is 3.77. The van der Waals surface area contributed by atoms with Gasteiger partial charge in [-0.05, 0) is 56.9 Å². The highest BCUT2D eigenvalue weighted by Crippen LogP contribution is 2.30. The van der Waals surface area contributed by atoms with Crippen molar-refractivity contribution in [2.45, 2.75) is 52.5 Å². The van der Waals surface area contributed by atoms with Crippen LogP contribution in [0.1, 0.15) is 54.1 Å². The fourth-order valence-corrected chi connectivity index (χ4v) is 3.10. The Morgan fingerprint density at radius 3 is 2.47 bits per heavy atom. The second-order valence-electron chi connectivity index (χ2n) is 5.46. The fraction of sp³-hybridized carbons (Fsp3) is 0.562. The molecular weight excluding hydrogens is 238 g/mol. The lowest BCUT2D eigenvalue weighted by Gasteiger charge is -2.31. The molecule has 1 aromatic carbocycles. The van der Waals surface area contributed by atoms with Crippen molar-refractivity contribution in [1.29, 1.82) is 0 Å². The molecule has 0 aromatic heterocycles. The average molecular weight is 261 g/mol. The van der Waals surface area contributed by atoms with Gasteiger partial charge in [0, 0.05) is 18.3 Å². The number of rotatable bonds is 4. The Hall–Kier alpha value is -1.51. The van der Waals surface area contributed by atoms with Gasteiger partial charge in [0.05, 0.1) is 5.56 Å². The maximum absolute atomic E-state index is 11.3. The van der Waals surface area contributed by atoms with Crippen LogP contribution in [0.25, 0.3) is 0 Å². The number of aromatic carboxylic acids is 1. The highest BCUT2D eigenvalue weighted by molar-refractivity contribution is 5.91. The number of carboxylic acids is 1. The number of nitrogens with zero attached hydrogens (tertiary/aromatic N) is 1. The standard InChI is InChI=1S/C16H23NO2/c1-4-17(13-7-5-6-8-13)14-9-11(2)12(3)15(10-14)16(18)19/h9-10,13H,4-8H2,1-3H3,(H,18,19). The quantitative estimate of drug-likeness (QED) is 0.897. The molecule has 0 atom stereocenters. The van der Waals surface area contributed by atoms with Crippen molar-refractivity contribution in [3.8, 4) is 0 Å². The van der Waals surface area contributed by atoms with Crippen molar-refractivity contribution in [1.82, 2.24) is 0 Å². The second-order valence-corrected chi connectivity index (χ2v) is 5.46. The van der Waals surface area contributed by atoms with E-state index in [2.05, 4.69) is 17.9 Å². The minimum atomic E-state index is -0.829. The molecule has 19 heavy (non-hydrogen) atoms. The van der Waals surface area contributed by atoms with E-state index in [0.29, 0.717) is 11.6 Å². The van der Waals surface area contributed by atoms with Gasteiger partial charge in [0.25, 0.3) is 0 Å². The first kappa shape index (κ1) is 13.9. The lowest BCUT2D eigenvalue weighted by atomic mass is 10.0. The van der Waals surface area contributed by atoms with Gasteiger partial charge in [-0.15, -0.1) is 0 Å². The highest BCUT2D eigenvalue weighted by Gasteiger charge is 2.23. The van der Waals surface area contributed by atoms with Crippen molar-refractivity contribution in [2.75, 3.05) is 11.4 Å². The maximum atomic E-state index is 11.3. The van der Waals surface area contributed by atoms with Crippen molar-refractivity contribution in [2.24, 2.45) is 0 Å². The fourth-order valence-electron chi connectivity index (χ4n) is 3.10. The van der Waals surface area contributed by atoms with Gasteiger partial charge in [-0.25, -0.2) is 4.79 Å². The molecule has 3 nitrogen and oxygen atoms in total. The van der Waals surface area contributed by atoms with Gasteiger partial charge in [-0.2, -0.15) is 0 Å². The third kappa shape index (κ3) is 2.75. The molecule has 1 N–H and O–H groups in total. The number of aryl methyl sites for hydroxylation is 1. The molecule has 0 unspecified atom stereocenters. The van der Waals surface area contributed by atoms with E-state index in [9.17, 15) is 9.90 Å². The summed E-state index contributed by atoms with van der Waals surface area (Å²) in [4.78, 5) is 13.7. The van der Waals surface area contributed by atoms with Crippen molar-refractivity contribution >= 4 is 11.7 Å². The summed E-state index contributed by atoms with van der Waals surface area (Å²) in [5.41, 5.74) is 3.44. The Morgan fingerprint density at radius 1 is 1.32 bits per heavy atom. The summed E-state index contributed by atoms with van der Waals surface area (Å²) in [6.45, 7) is 6.96. The number of anilines is 1. The van der Waals surface area contributed by atoms with E-state index in [4.69, 9.17) is 0 Å². The van der Waals surface area contributed by atoms with Crippen LogP contribution in [-0.2, 0) is 0 Å². The summed E-state index contributed by atoms with van der Waals surface area (Å²) in [6, 6.07) is 4.55. The Labute approximate surface area is 115 Å². The van der Waals surface area contributed by atoms with Crippen LogP contribution in [0.2, 0.25) is 0 Å². The molecule has 0 aliphatic heterocycles. The summed E-state index contributed by atoms with van der Waals surface area (Å²) in [5.74, 6) is -0.829. The summed E-state index contributed by atoms with van der Waals surface area (Å²) in [7, 11) is 0. The molecule has 1 aliphatic carbocycles. The molecule has 1 saturated carbocycles. The summed E-state index contributed by atoms with van der Waals surface area (Å²) in [5, 5.41) is 9.32. The molecule has 1 aliphatic rings. The van der Waals surface area contributed by atoms with Gasteiger partial charge >= 0.3 is 5.97 Å². The summed E-state index contributed by atoms with van der Waals surface area (Å²) < 4.78 is 0. The van der Waals surface area contributed by atoms with Gasteiger partial charge in [0.1, 0.15) is 0 Å². The molecule has 0 radical (unpaired) electrons. The molecule has 0 amide bonds. The second kappa shape index (κ2) is 5.64. The molecule has 1 fully saturated rings. The van der Waals surface area contributed by atoms with E-state index in [0.717, 1.165) is 23.4 Å². The van der Waals surface area contributed by atoms with Gasteiger partial charge in [-0.3, -0.25) is 0 Å². The zero-order valence-corrected chi connectivity index (χ0v) is 12.1. The first-order chi connectivity index (χ1) is 9.04. The normalized spacial score (nSPS) is 15.7. The minimum Gasteiger partial charge on any atom is -0.478 e. The van der Waals surface area contributed by atoms with Crippen LogP contribution < -0.4 is 4.90 Å². The van der Waals surface area contributed by atoms with Gasteiger partial charge in [0.2, 0.25) is 0 Å². The Kier molecular flexibility index (Phi) is 4.13. The molecule has 104 valence electrons. The molecule has 0 saturated heterocycles. The van der Waals surface area contributed by atoms with Gasteiger partial charge < -0.3 is 10.0 Å². The number of hydrogen-bond acceptors (Lipinski definition) is 2. The molecule has 0 bridgehead atoms. The van der Waals surface area contributed by atoms with Crippen molar-refractivity contribution < 1.29 is 9.90 Å². The third-order valence-electron chi connectivity index (χ3n) is 4.32. The topological polar surface area (TPSA) is 40.5 Å². The molecule has 1 aromatic rings. The van der Waals surface area contributed by atoms with E-state index in [1.54, 1.807) is 0 Å². The monoisotopic (exact) mass is 261 g/mol. The van der Waals surface area contributed by atoms with Crippen LogP contribution in [0.4, 0.5) is 5.69 Å². The van der Waals surface area contributed by atoms with E-state index in [1.165, 1.54) is 25.7 Å². The predicted molar refractivity (Wildman–Crippen MR) is 78.2 cm³/mol. The molecule has 3 heteroatoms. The van der Waals surface area contributed by atoms with Crippen LogP contribution in [0.15, 0.2) is 12.1 Å². The lowest BCUT2D eigenvalue weighted by Crippen LogP contribution is -2.33. The van der Waals surface area contributed by atoms with Crippen LogP contribution in [0.3, 0.4) is 0 Å². The number of benzene rings is 1. The Bertz CT molecular complexity index is 476. The smallest absolute Gasteiger partial charge is 0.336 e. The van der Waals surface area contributed by atoms with Gasteiger partial charge in [-0.1, -0.05) is 12.8 Å². The molecule has 0 spiro atoms. The molecule has 2 rings (SSSR count). The zero-order valence-electron chi connectivity index (χ0n) is 12.1. The van der Waals surface area contributed by atoms with Crippen LogP contribution in [0, 0.1) is 13.8 Å². The van der Waals surface area contributed by atoms with Crippen LogP contribution in [0.5, 0.6) is 0 Å². The lowest BCUT2D eigenvalue weighted by molar-refractivity contribution is 0.0696. The number of hydrogen-bond donors (Lipinski definition) is 1. The average Bonchev–Trinajstić information content (AvgIpc) is 2.87. The van der Waals surface area contributed by atoms with Gasteiger partial charge in [0.15, 0.2) is 0 Å². The Balaban J connectivity index is 2.40. The zero-order chi connectivity index (χ0) is 14.0. The highest BCUT2D eigenvalue weighted by atomic mass is 16.4. The number of carboxylic acid groups (broad SMARTS) is 1. The molecule has 0 heterocycles. The molecular formula is C16H23NO2.